The summed E-state index contributed by atoms with van der Waals surface area (Å²) in [6, 6.07) is 4.29. The summed E-state index contributed by atoms with van der Waals surface area (Å²) >= 11 is 12.6. The minimum absolute atomic E-state index is 0.214. The van der Waals surface area contributed by atoms with E-state index in [2.05, 4.69) is 10.2 Å². The number of carbonyl (C=O) groups excluding carboxylic acids is 2. The highest BCUT2D eigenvalue weighted by atomic mass is 35.5. The highest BCUT2D eigenvalue weighted by Crippen LogP contribution is 2.31. The monoisotopic (exact) mass is 470 g/mol. The first kappa shape index (κ1) is 24.0. The molecule has 0 unspecified atom stereocenters. The summed E-state index contributed by atoms with van der Waals surface area (Å²) in [5.74, 6) is -0.214. The van der Waals surface area contributed by atoms with Crippen LogP contribution in [0.25, 0.3) is 0 Å². The van der Waals surface area contributed by atoms with Crippen LogP contribution in [0.2, 0.25) is 10.0 Å². The molecule has 31 heavy (non-hydrogen) atoms. The molecule has 2 fully saturated rings. The van der Waals surface area contributed by atoms with Gasteiger partial charge in [0.15, 0.2) is 0 Å². The SMILES string of the molecule is CN(C)C(=O)c1c(Cl)cc(NC2CN(C3CCN(C(=O)OC(C)(C)C)CC3)C2)cc1Cl. The van der Waals surface area contributed by atoms with Gasteiger partial charge in [0.2, 0.25) is 0 Å². The summed E-state index contributed by atoms with van der Waals surface area (Å²) in [6.45, 7) is 8.95. The molecule has 0 atom stereocenters. The molecule has 172 valence electrons. The number of benzene rings is 1. The summed E-state index contributed by atoms with van der Waals surface area (Å²) in [5.41, 5.74) is 0.675. The fourth-order valence-electron chi connectivity index (χ4n) is 3.96. The summed E-state index contributed by atoms with van der Waals surface area (Å²) in [6.07, 6.45) is 1.68. The summed E-state index contributed by atoms with van der Waals surface area (Å²) in [7, 11) is 3.34. The lowest BCUT2D eigenvalue weighted by molar-refractivity contribution is 0.00749. The number of halogens is 2. The lowest BCUT2D eigenvalue weighted by Gasteiger charge is -2.47. The zero-order valence-electron chi connectivity index (χ0n) is 18.9. The Morgan fingerprint density at radius 2 is 1.65 bits per heavy atom. The van der Waals surface area contributed by atoms with E-state index in [-0.39, 0.29) is 12.0 Å². The number of carbonyl (C=O) groups is 2. The normalized spacial score (nSPS) is 18.5. The Morgan fingerprint density at radius 3 is 2.13 bits per heavy atom. The van der Waals surface area contributed by atoms with Crippen molar-refractivity contribution < 1.29 is 14.3 Å². The van der Waals surface area contributed by atoms with E-state index in [9.17, 15) is 9.59 Å². The summed E-state index contributed by atoms with van der Waals surface area (Å²) in [4.78, 5) is 30.2. The zero-order valence-corrected chi connectivity index (χ0v) is 20.4. The van der Waals surface area contributed by atoms with Gasteiger partial charge in [0.1, 0.15) is 5.60 Å². The van der Waals surface area contributed by atoms with Gasteiger partial charge in [-0.25, -0.2) is 4.79 Å². The van der Waals surface area contributed by atoms with Crippen molar-refractivity contribution in [3.63, 3.8) is 0 Å². The number of amides is 2. The van der Waals surface area contributed by atoms with Crippen LogP contribution in [0.3, 0.4) is 0 Å². The topological polar surface area (TPSA) is 65.1 Å². The van der Waals surface area contributed by atoms with E-state index in [0.717, 1.165) is 44.7 Å². The third-order valence-corrected chi connectivity index (χ3v) is 6.17. The Balaban J connectivity index is 1.47. The zero-order chi connectivity index (χ0) is 22.9. The molecule has 9 heteroatoms. The Bertz CT molecular complexity index is 804. The van der Waals surface area contributed by atoms with E-state index in [1.54, 1.807) is 31.1 Å². The lowest BCUT2D eigenvalue weighted by atomic mass is 9.97. The van der Waals surface area contributed by atoms with Crippen molar-refractivity contribution in [3.05, 3.63) is 27.7 Å². The lowest BCUT2D eigenvalue weighted by Crippen LogP contribution is -2.60. The number of hydrogen-bond donors (Lipinski definition) is 1. The molecule has 1 aromatic carbocycles. The second-order valence-corrected chi connectivity index (χ2v) is 10.3. The molecule has 0 aromatic heterocycles. The van der Waals surface area contributed by atoms with Crippen molar-refractivity contribution in [1.29, 1.82) is 0 Å². The molecule has 0 saturated carbocycles. The minimum Gasteiger partial charge on any atom is -0.444 e. The van der Waals surface area contributed by atoms with Gasteiger partial charge >= 0.3 is 6.09 Å². The number of anilines is 1. The van der Waals surface area contributed by atoms with Gasteiger partial charge in [0.25, 0.3) is 5.91 Å². The molecule has 1 aromatic rings. The van der Waals surface area contributed by atoms with Crippen LogP contribution in [-0.4, -0.2) is 84.7 Å². The van der Waals surface area contributed by atoms with E-state index in [0.29, 0.717) is 27.7 Å². The maximum absolute atomic E-state index is 12.2. The number of likely N-dealkylation sites (tertiary alicyclic amines) is 2. The summed E-state index contributed by atoms with van der Waals surface area (Å²) < 4.78 is 5.47. The molecule has 0 bridgehead atoms. The number of hydrogen-bond acceptors (Lipinski definition) is 5. The third-order valence-electron chi connectivity index (χ3n) is 5.58. The molecule has 2 heterocycles. The molecule has 3 rings (SSSR count). The van der Waals surface area contributed by atoms with Gasteiger partial charge in [-0.15, -0.1) is 0 Å². The van der Waals surface area contributed by atoms with Gasteiger partial charge in [-0.05, 0) is 45.7 Å². The Kier molecular flexibility index (Phi) is 7.28. The van der Waals surface area contributed by atoms with Gasteiger partial charge in [0, 0.05) is 52.0 Å². The molecule has 2 aliphatic rings. The molecular formula is C22H32Cl2N4O3. The Morgan fingerprint density at radius 1 is 1.10 bits per heavy atom. The molecule has 1 N–H and O–H groups in total. The first-order valence-electron chi connectivity index (χ1n) is 10.6. The average Bonchev–Trinajstić information content (AvgIpc) is 2.62. The predicted octanol–water partition coefficient (Wildman–Crippen LogP) is 4.19. The van der Waals surface area contributed by atoms with Gasteiger partial charge in [-0.2, -0.15) is 0 Å². The summed E-state index contributed by atoms with van der Waals surface area (Å²) in [5, 5.41) is 4.15. The van der Waals surface area contributed by atoms with E-state index in [1.165, 1.54) is 4.90 Å². The van der Waals surface area contributed by atoms with Gasteiger partial charge in [0.05, 0.1) is 21.7 Å². The van der Waals surface area contributed by atoms with Gasteiger partial charge < -0.3 is 19.9 Å². The minimum atomic E-state index is -0.464. The maximum atomic E-state index is 12.2. The number of ether oxygens (including phenoxy) is 1. The fourth-order valence-corrected chi connectivity index (χ4v) is 4.61. The van der Waals surface area contributed by atoms with Crippen LogP contribution in [0.4, 0.5) is 10.5 Å². The molecular weight excluding hydrogens is 439 g/mol. The number of rotatable bonds is 4. The standard InChI is InChI=1S/C22H32Cl2N4O3/c1-22(2,3)31-21(30)27-8-6-16(7-9-27)28-12-15(13-28)25-14-10-17(23)19(18(24)11-14)20(29)26(4)5/h10-11,15-16,25H,6-9,12-13H2,1-5H3. The van der Waals surface area contributed by atoms with E-state index >= 15 is 0 Å². The van der Waals surface area contributed by atoms with Crippen LogP contribution in [0, 0.1) is 0 Å². The van der Waals surface area contributed by atoms with E-state index < -0.39 is 5.60 Å². The van der Waals surface area contributed by atoms with Crippen molar-refractivity contribution in [2.75, 3.05) is 45.6 Å². The van der Waals surface area contributed by atoms with Crippen LogP contribution in [-0.2, 0) is 4.74 Å². The largest absolute Gasteiger partial charge is 0.444 e. The van der Waals surface area contributed by atoms with Crippen molar-refractivity contribution in [2.45, 2.75) is 51.3 Å². The third kappa shape index (κ3) is 5.96. The van der Waals surface area contributed by atoms with Gasteiger partial charge in [-0.3, -0.25) is 9.69 Å². The second kappa shape index (κ2) is 9.43. The fraction of sp³-hybridized carbons (Fsp3) is 0.636. The number of nitrogens with one attached hydrogen (secondary N) is 1. The number of nitrogens with zero attached hydrogens (tertiary/aromatic N) is 3. The van der Waals surface area contributed by atoms with Gasteiger partial charge in [-0.1, -0.05) is 23.2 Å². The van der Waals surface area contributed by atoms with Crippen molar-refractivity contribution in [1.82, 2.24) is 14.7 Å². The van der Waals surface area contributed by atoms with Crippen LogP contribution in [0.15, 0.2) is 12.1 Å². The number of piperidine rings is 1. The smallest absolute Gasteiger partial charge is 0.410 e. The van der Waals surface area contributed by atoms with E-state index in [4.69, 9.17) is 27.9 Å². The first-order valence-corrected chi connectivity index (χ1v) is 11.4. The van der Waals surface area contributed by atoms with Crippen LogP contribution in [0.1, 0.15) is 44.0 Å². The van der Waals surface area contributed by atoms with Crippen molar-refractivity contribution in [2.24, 2.45) is 0 Å². The van der Waals surface area contributed by atoms with Crippen LogP contribution in [0.5, 0.6) is 0 Å². The highest BCUT2D eigenvalue weighted by molar-refractivity contribution is 6.40. The highest BCUT2D eigenvalue weighted by Gasteiger charge is 2.36. The molecule has 7 nitrogen and oxygen atoms in total. The quantitative estimate of drug-likeness (QED) is 0.714. The molecule has 2 saturated heterocycles. The van der Waals surface area contributed by atoms with Crippen LogP contribution < -0.4 is 5.32 Å². The Labute approximate surface area is 194 Å². The van der Waals surface area contributed by atoms with E-state index in [1.807, 2.05) is 20.8 Å². The molecule has 0 radical (unpaired) electrons. The second-order valence-electron chi connectivity index (χ2n) is 9.51. The molecule has 0 aliphatic carbocycles. The molecule has 0 spiro atoms. The van der Waals surface area contributed by atoms with Crippen molar-refractivity contribution >= 4 is 40.9 Å². The average molecular weight is 471 g/mol. The molecule has 2 amide bonds. The van der Waals surface area contributed by atoms with Crippen molar-refractivity contribution in [3.8, 4) is 0 Å². The first-order chi connectivity index (χ1) is 14.4. The maximum Gasteiger partial charge on any atom is 0.410 e. The predicted molar refractivity (Wildman–Crippen MR) is 124 cm³/mol. The molecule has 2 aliphatic heterocycles. The van der Waals surface area contributed by atoms with Crippen LogP contribution >= 0.6 is 23.2 Å². The Hall–Kier alpha value is -1.70.